The second-order valence-electron chi connectivity index (χ2n) is 3.48. The van der Waals surface area contributed by atoms with Crippen molar-refractivity contribution in [2.45, 2.75) is 10.3 Å². The highest BCUT2D eigenvalue weighted by atomic mass is 35.5. The summed E-state index contributed by atoms with van der Waals surface area (Å²) >= 11 is 7.15. The minimum Gasteiger partial charge on any atom is -0.311 e. The third-order valence-corrected chi connectivity index (χ3v) is 3.25. The molecule has 0 saturated carbocycles. The Morgan fingerprint density at radius 2 is 2.11 bits per heavy atom. The molecule has 3 aromatic heterocycles. The first-order valence-electron chi connectivity index (χ1n) is 5.14. The molecule has 10 heteroatoms. The van der Waals surface area contributed by atoms with Crippen molar-refractivity contribution in [2.75, 3.05) is 0 Å². The molecule has 3 heterocycles. The van der Waals surface area contributed by atoms with Crippen molar-refractivity contribution in [3.63, 3.8) is 0 Å². The van der Waals surface area contributed by atoms with E-state index in [2.05, 4.69) is 30.1 Å². The number of rotatable bonds is 3. The van der Waals surface area contributed by atoms with Crippen LogP contribution in [0.2, 0.25) is 5.28 Å². The van der Waals surface area contributed by atoms with E-state index < -0.39 is 0 Å². The van der Waals surface area contributed by atoms with Crippen LogP contribution in [0.25, 0.3) is 5.95 Å². The largest absolute Gasteiger partial charge is 0.311 e. The van der Waals surface area contributed by atoms with Crippen LogP contribution in [0, 0.1) is 0 Å². The summed E-state index contributed by atoms with van der Waals surface area (Å²) in [6.07, 6.45) is 6.54. The Labute approximate surface area is 116 Å². The molecule has 0 aliphatic heterocycles. The predicted molar refractivity (Wildman–Crippen MR) is 67.1 cm³/mol. The molecular formula is C9H7ClN8S. The van der Waals surface area contributed by atoms with Gasteiger partial charge >= 0.3 is 0 Å². The van der Waals surface area contributed by atoms with Crippen LogP contribution in [0.3, 0.4) is 0 Å². The van der Waals surface area contributed by atoms with E-state index in [1.165, 1.54) is 11.8 Å². The van der Waals surface area contributed by atoms with Crippen molar-refractivity contribution < 1.29 is 0 Å². The molecule has 0 amide bonds. The van der Waals surface area contributed by atoms with Gasteiger partial charge in [-0.1, -0.05) is 0 Å². The summed E-state index contributed by atoms with van der Waals surface area (Å²) in [4.78, 5) is 16.3. The summed E-state index contributed by atoms with van der Waals surface area (Å²) in [5.74, 6) is 0.405. The second kappa shape index (κ2) is 4.94. The summed E-state index contributed by atoms with van der Waals surface area (Å²) in [6.45, 7) is 0. The molecular weight excluding hydrogens is 288 g/mol. The van der Waals surface area contributed by atoms with Gasteiger partial charge in [0, 0.05) is 19.4 Å². The van der Waals surface area contributed by atoms with Crippen molar-refractivity contribution in [1.82, 2.24) is 39.3 Å². The molecule has 0 unspecified atom stereocenters. The summed E-state index contributed by atoms with van der Waals surface area (Å²) < 4.78 is 3.41. The van der Waals surface area contributed by atoms with E-state index in [9.17, 15) is 0 Å². The van der Waals surface area contributed by atoms with Crippen molar-refractivity contribution in [1.29, 1.82) is 0 Å². The molecule has 19 heavy (non-hydrogen) atoms. The van der Waals surface area contributed by atoms with Crippen LogP contribution < -0.4 is 0 Å². The van der Waals surface area contributed by atoms with Crippen LogP contribution in [0.15, 0.2) is 35.4 Å². The molecule has 0 spiro atoms. The normalized spacial score (nSPS) is 10.8. The maximum atomic E-state index is 5.89. The number of halogens is 1. The van der Waals surface area contributed by atoms with Gasteiger partial charge < -0.3 is 4.57 Å². The number of hydrogen-bond acceptors (Lipinski definition) is 7. The molecule has 0 radical (unpaired) electrons. The summed E-state index contributed by atoms with van der Waals surface area (Å²) in [6, 6.07) is 0. The number of aromatic nitrogens is 8. The fraction of sp³-hybridized carbons (Fsp3) is 0.111. The zero-order valence-electron chi connectivity index (χ0n) is 9.67. The van der Waals surface area contributed by atoms with Crippen molar-refractivity contribution in [3.8, 4) is 5.95 Å². The molecule has 0 aliphatic rings. The van der Waals surface area contributed by atoms with E-state index in [0.717, 1.165) is 0 Å². The van der Waals surface area contributed by atoms with Crippen LogP contribution in [0.4, 0.5) is 0 Å². The standard InChI is InChI=1S/C9H7ClN8S/c1-17-5-12-16-9(17)19-8-14-6(10)13-7(15-8)18-3-2-11-4-18/h2-5H,1H3. The quantitative estimate of drug-likeness (QED) is 0.712. The van der Waals surface area contributed by atoms with Gasteiger partial charge in [0.1, 0.15) is 12.7 Å². The van der Waals surface area contributed by atoms with Crippen molar-refractivity contribution in [2.24, 2.45) is 7.05 Å². The molecule has 3 rings (SSSR count). The van der Waals surface area contributed by atoms with Gasteiger partial charge in [-0.05, 0) is 23.4 Å². The van der Waals surface area contributed by atoms with Crippen LogP contribution in [0.1, 0.15) is 0 Å². The van der Waals surface area contributed by atoms with Gasteiger partial charge in [0.05, 0.1) is 0 Å². The number of aryl methyl sites for hydroxylation is 1. The molecule has 0 bridgehead atoms. The molecule has 0 aromatic carbocycles. The first kappa shape index (κ1) is 12.1. The highest BCUT2D eigenvalue weighted by Gasteiger charge is 2.11. The maximum absolute atomic E-state index is 5.89. The monoisotopic (exact) mass is 294 g/mol. The van der Waals surface area contributed by atoms with Crippen molar-refractivity contribution >= 4 is 23.4 Å². The first-order chi connectivity index (χ1) is 9.22. The molecule has 8 nitrogen and oxygen atoms in total. The molecule has 0 aliphatic carbocycles. The maximum Gasteiger partial charge on any atom is 0.240 e. The zero-order chi connectivity index (χ0) is 13.2. The fourth-order valence-corrected chi connectivity index (χ4v) is 2.21. The van der Waals surface area contributed by atoms with E-state index in [-0.39, 0.29) is 5.28 Å². The van der Waals surface area contributed by atoms with Crippen molar-refractivity contribution in [3.05, 3.63) is 30.3 Å². The average Bonchev–Trinajstić information content (AvgIpc) is 3.01. The van der Waals surface area contributed by atoms with E-state index >= 15 is 0 Å². The van der Waals surface area contributed by atoms with Gasteiger partial charge in [-0.2, -0.15) is 15.0 Å². The van der Waals surface area contributed by atoms with E-state index in [4.69, 9.17) is 11.6 Å². The lowest BCUT2D eigenvalue weighted by molar-refractivity contribution is 0.776. The summed E-state index contributed by atoms with van der Waals surface area (Å²) in [7, 11) is 1.84. The fourth-order valence-electron chi connectivity index (χ4n) is 1.31. The lowest BCUT2D eigenvalue weighted by Crippen LogP contribution is -2.03. The molecule has 0 N–H and O–H groups in total. The minimum absolute atomic E-state index is 0.114. The molecule has 96 valence electrons. The van der Waals surface area contributed by atoms with Gasteiger partial charge in [-0.15, -0.1) is 10.2 Å². The van der Waals surface area contributed by atoms with Gasteiger partial charge in [-0.3, -0.25) is 4.57 Å². The van der Waals surface area contributed by atoms with Gasteiger partial charge in [0.25, 0.3) is 0 Å². The lowest BCUT2D eigenvalue weighted by Gasteiger charge is -2.03. The Kier molecular flexibility index (Phi) is 3.13. The minimum atomic E-state index is 0.114. The Balaban J connectivity index is 1.96. The van der Waals surface area contributed by atoms with E-state index in [1.807, 2.05) is 7.05 Å². The summed E-state index contributed by atoms with van der Waals surface area (Å²) in [5, 5.41) is 8.96. The molecule has 0 fully saturated rings. The highest BCUT2D eigenvalue weighted by molar-refractivity contribution is 7.99. The van der Waals surface area contributed by atoms with Crippen LogP contribution >= 0.6 is 23.4 Å². The SMILES string of the molecule is Cn1cnnc1Sc1nc(Cl)nc(-n2ccnc2)n1. The van der Waals surface area contributed by atoms with E-state index in [0.29, 0.717) is 16.3 Å². The Hall–Kier alpha value is -2.00. The van der Waals surface area contributed by atoms with Gasteiger partial charge in [-0.25, -0.2) is 4.98 Å². The Morgan fingerprint density at radius 3 is 2.79 bits per heavy atom. The van der Waals surface area contributed by atoms with Crippen LogP contribution in [0.5, 0.6) is 0 Å². The third kappa shape index (κ3) is 2.56. The number of nitrogens with zero attached hydrogens (tertiary/aromatic N) is 8. The number of hydrogen-bond donors (Lipinski definition) is 0. The number of imidazole rings is 1. The second-order valence-corrected chi connectivity index (χ2v) is 4.76. The first-order valence-corrected chi connectivity index (χ1v) is 6.33. The average molecular weight is 295 g/mol. The smallest absolute Gasteiger partial charge is 0.240 e. The predicted octanol–water partition coefficient (Wildman–Crippen LogP) is 0.990. The Bertz CT molecular complexity index is 694. The molecule has 3 aromatic rings. The zero-order valence-corrected chi connectivity index (χ0v) is 11.2. The lowest BCUT2D eigenvalue weighted by atomic mass is 10.8. The highest BCUT2D eigenvalue weighted by Crippen LogP contribution is 2.22. The van der Waals surface area contributed by atoms with Crippen LogP contribution in [-0.4, -0.2) is 39.3 Å². The van der Waals surface area contributed by atoms with E-state index in [1.54, 1.807) is 34.2 Å². The van der Waals surface area contributed by atoms with Gasteiger partial charge in [0.2, 0.25) is 16.4 Å². The van der Waals surface area contributed by atoms with Crippen LogP contribution in [-0.2, 0) is 7.05 Å². The molecule has 0 atom stereocenters. The topological polar surface area (TPSA) is 87.2 Å². The molecule has 0 saturated heterocycles. The Morgan fingerprint density at radius 1 is 1.21 bits per heavy atom. The summed E-state index contributed by atoms with van der Waals surface area (Å²) in [5.41, 5.74) is 0. The third-order valence-electron chi connectivity index (χ3n) is 2.16. The van der Waals surface area contributed by atoms with Gasteiger partial charge in [0.15, 0.2) is 5.16 Å².